The van der Waals surface area contributed by atoms with Crippen LogP contribution in [-0.2, 0) is 9.53 Å². The van der Waals surface area contributed by atoms with Crippen LogP contribution < -0.4 is 0 Å². The van der Waals surface area contributed by atoms with Gasteiger partial charge in [0.25, 0.3) is 0 Å². The zero-order chi connectivity index (χ0) is 19.8. The maximum absolute atomic E-state index is 14.4. The van der Waals surface area contributed by atoms with Crippen LogP contribution in [-0.4, -0.2) is 39.6 Å². The number of halogens is 1. The van der Waals surface area contributed by atoms with Crippen molar-refractivity contribution in [3.05, 3.63) is 35.8 Å². The second-order valence-corrected chi connectivity index (χ2v) is 10.1. The lowest BCUT2D eigenvalue weighted by atomic mass is 9.61. The van der Waals surface area contributed by atoms with Crippen LogP contribution in [0.1, 0.15) is 69.8 Å². The first-order valence-electron chi connectivity index (χ1n) is 11.3. The molecule has 5 aliphatic rings. The van der Waals surface area contributed by atoms with E-state index < -0.39 is 0 Å². The van der Waals surface area contributed by atoms with Crippen molar-refractivity contribution in [3.8, 4) is 0 Å². The molecule has 1 N–H and O–H groups in total. The van der Waals surface area contributed by atoms with E-state index in [1.54, 1.807) is 6.07 Å². The van der Waals surface area contributed by atoms with Crippen LogP contribution in [0.3, 0.4) is 0 Å². The number of ether oxygens (including phenoxy) is 1. The largest absolute Gasteiger partial charge is 0.372 e. The van der Waals surface area contributed by atoms with Gasteiger partial charge >= 0.3 is 0 Å². The summed E-state index contributed by atoms with van der Waals surface area (Å²) in [7, 11) is 0. The van der Waals surface area contributed by atoms with E-state index in [0.717, 1.165) is 42.7 Å². The fourth-order valence-electron chi connectivity index (χ4n) is 6.68. The topological polar surface area (TPSA) is 45.3 Å². The molecular weight excluding hydrogens is 367 g/mol. The Hall–Kier alpha value is -1.88. The van der Waals surface area contributed by atoms with Gasteiger partial charge in [-0.2, -0.15) is 0 Å². The molecule has 3 heterocycles. The van der Waals surface area contributed by atoms with Crippen molar-refractivity contribution in [2.75, 3.05) is 0 Å². The molecule has 3 aliphatic carbocycles. The number of nitrogens with zero attached hydrogens (tertiary/aromatic N) is 1. The molecular formula is C24H29FN2O2. The molecule has 7 rings (SSSR count). The van der Waals surface area contributed by atoms with Crippen molar-refractivity contribution in [2.45, 2.75) is 88.0 Å². The second kappa shape index (κ2) is 6.31. The highest BCUT2D eigenvalue weighted by atomic mass is 19.1. The van der Waals surface area contributed by atoms with E-state index in [1.807, 2.05) is 19.2 Å². The summed E-state index contributed by atoms with van der Waals surface area (Å²) in [6.45, 7) is 2.04. The number of hydrogen-bond acceptors (Lipinski definition) is 2. The number of aromatic amines is 1. The summed E-state index contributed by atoms with van der Waals surface area (Å²) in [6.07, 6.45) is 10.7. The Labute approximate surface area is 170 Å². The van der Waals surface area contributed by atoms with Crippen LogP contribution in [0.2, 0.25) is 0 Å². The van der Waals surface area contributed by atoms with Gasteiger partial charge in [-0.05, 0) is 74.5 Å². The SMILES string of the molecule is CC(CC(=O)N1C2CC3CC1CC(OC1CC1)(C3)C2)c1c[nH]c2cccc(F)c12. The number of fused-ring (bicyclic) bond motifs is 1. The average Bonchev–Trinajstić information content (AvgIpc) is 3.34. The van der Waals surface area contributed by atoms with E-state index in [-0.39, 0.29) is 23.2 Å². The Balaban J connectivity index is 1.21. The number of nitrogens with one attached hydrogen (secondary N) is 1. The molecule has 2 aliphatic heterocycles. The minimum Gasteiger partial charge on any atom is -0.372 e. The van der Waals surface area contributed by atoms with Crippen molar-refractivity contribution in [3.63, 3.8) is 0 Å². The maximum Gasteiger partial charge on any atom is 0.223 e. The third kappa shape index (κ3) is 2.92. The highest BCUT2D eigenvalue weighted by Crippen LogP contribution is 2.55. The molecule has 3 saturated carbocycles. The standard InChI is InChI=1S/C24H29FN2O2/c1-14(19-13-26-21-4-2-3-20(25)23(19)21)7-22(28)27-16-8-15-9-17(27)12-24(10-15,11-16)29-18-5-6-18/h2-4,13-18,26H,5-12H2,1H3. The molecule has 4 bridgehead atoms. The maximum atomic E-state index is 14.4. The molecule has 1 aromatic carbocycles. The third-order valence-corrected chi connectivity index (χ3v) is 7.80. The first kappa shape index (κ1) is 17.9. The number of rotatable bonds is 5. The quantitative estimate of drug-likeness (QED) is 0.782. The average molecular weight is 397 g/mol. The van der Waals surface area contributed by atoms with E-state index >= 15 is 0 Å². The van der Waals surface area contributed by atoms with Gasteiger partial charge in [-0.1, -0.05) is 13.0 Å². The van der Waals surface area contributed by atoms with E-state index in [1.165, 1.54) is 25.3 Å². The Morgan fingerprint density at radius 1 is 1.28 bits per heavy atom. The molecule has 154 valence electrons. The van der Waals surface area contributed by atoms with Gasteiger partial charge in [0, 0.05) is 35.6 Å². The van der Waals surface area contributed by atoms with Crippen LogP contribution in [0.15, 0.2) is 24.4 Å². The fourth-order valence-corrected chi connectivity index (χ4v) is 6.68. The number of aromatic nitrogens is 1. The Bertz CT molecular complexity index is 945. The highest BCUT2D eigenvalue weighted by Gasteiger charge is 2.57. The Morgan fingerprint density at radius 2 is 2.03 bits per heavy atom. The molecule has 29 heavy (non-hydrogen) atoms. The smallest absolute Gasteiger partial charge is 0.223 e. The second-order valence-electron chi connectivity index (χ2n) is 10.1. The summed E-state index contributed by atoms with van der Waals surface area (Å²) in [5.41, 5.74) is 1.75. The van der Waals surface area contributed by atoms with Crippen molar-refractivity contribution >= 4 is 16.8 Å². The number of carbonyl (C=O) groups is 1. The molecule has 0 spiro atoms. The van der Waals surface area contributed by atoms with E-state index in [4.69, 9.17) is 4.74 Å². The van der Waals surface area contributed by atoms with Gasteiger partial charge in [-0.15, -0.1) is 0 Å². The van der Waals surface area contributed by atoms with E-state index in [0.29, 0.717) is 30.0 Å². The lowest BCUT2D eigenvalue weighted by Gasteiger charge is -2.61. The van der Waals surface area contributed by atoms with Crippen molar-refractivity contribution in [1.82, 2.24) is 9.88 Å². The molecule has 0 radical (unpaired) electrons. The lowest BCUT2D eigenvalue weighted by molar-refractivity contribution is -0.195. The van der Waals surface area contributed by atoms with Crippen molar-refractivity contribution in [1.29, 1.82) is 0 Å². The van der Waals surface area contributed by atoms with Gasteiger partial charge in [-0.25, -0.2) is 4.39 Å². The molecule has 3 atom stereocenters. The van der Waals surface area contributed by atoms with Crippen molar-refractivity contribution in [2.24, 2.45) is 5.92 Å². The number of H-pyrrole nitrogens is 1. The molecule has 4 nitrogen and oxygen atoms in total. The monoisotopic (exact) mass is 396 g/mol. The van der Waals surface area contributed by atoms with Crippen molar-refractivity contribution < 1.29 is 13.9 Å². The summed E-state index contributed by atoms with van der Waals surface area (Å²) < 4.78 is 20.9. The minimum absolute atomic E-state index is 0.0120. The fraction of sp³-hybridized carbons (Fsp3) is 0.625. The van der Waals surface area contributed by atoms with Gasteiger partial charge in [0.2, 0.25) is 5.91 Å². The first-order chi connectivity index (χ1) is 14.0. The Kier molecular flexibility index (Phi) is 3.90. The molecule has 3 unspecified atom stereocenters. The third-order valence-electron chi connectivity index (χ3n) is 7.80. The van der Waals surface area contributed by atoms with E-state index in [9.17, 15) is 9.18 Å². The molecule has 1 aromatic heterocycles. The van der Waals surface area contributed by atoms with Gasteiger partial charge < -0.3 is 14.6 Å². The van der Waals surface area contributed by atoms with Crippen LogP contribution in [0, 0.1) is 11.7 Å². The predicted molar refractivity (Wildman–Crippen MR) is 109 cm³/mol. The van der Waals surface area contributed by atoms with Gasteiger partial charge in [-0.3, -0.25) is 4.79 Å². The summed E-state index contributed by atoms with van der Waals surface area (Å²) in [6, 6.07) is 5.76. The summed E-state index contributed by atoms with van der Waals surface area (Å²) in [5, 5.41) is 0.629. The zero-order valence-corrected chi connectivity index (χ0v) is 17.0. The van der Waals surface area contributed by atoms with Crippen LogP contribution >= 0.6 is 0 Å². The number of hydrogen-bond donors (Lipinski definition) is 1. The number of carbonyl (C=O) groups excluding carboxylic acids is 1. The van der Waals surface area contributed by atoms with Gasteiger partial charge in [0.1, 0.15) is 5.82 Å². The zero-order valence-electron chi connectivity index (χ0n) is 17.0. The van der Waals surface area contributed by atoms with E-state index in [2.05, 4.69) is 9.88 Å². The number of amides is 1. The molecule has 1 amide bonds. The predicted octanol–water partition coefficient (Wildman–Crippen LogP) is 4.89. The van der Waals surface area contributed by atoms with Crippen LogP contribution in [0.5, 0.6) is 0 Å². The summed E-state index contributed by atoms with van der Waals surface area (Å²) in [5.74, 6) is 0.725. The number of benzene rings is 1. The molecule has 5 heteroatoms. The molecule has 2 aromatic rings. The van der Waals surface area contributed by atoms with Crippen LogP contribution in [0.4, 0.5) is 4.39 Å². The minimum atomic E-state index is -0.216. The molecule has 5 fully saturated rings. The first-order valence-corrected chi connectivity index (χ1v) is 11.3. The molecule has 2 saturated heterocycles. The summed E-state index contributed by atoms with van der Waals surface area (Å²) in [4.78, 5) is 18.7. The van der Waals surface area contributed by atoms with Gasteiger partial charge in [0.15, 0.2) is 0 Å². The Morgan fingerprint density at radius 3 is 2.76 bits per heavy atom. The van der Waals surface area contributed by atoms with Gasteiger partial charge in [0.05, 0.1) is 11.7 Å². The van der Waals surface area contributed by atoms with Crippen LogP contribution in [0.25, 0.3) is 10.9 Å². The number of piperidine rings is 2. The summed E-state index contributed by atoms with van der Waals surface area (Å²) >= 11 is 0. The lowest BCUT2D eigenvalue weighted by Crippen LogP contribution is -2.66. The normalized spacial score (nSPS) is 34.1. The highest BCUT2D eigenvalue weighted by molar-refractivity contribution is 5.86.